The standard InChI is InChI=1S/C12H15Cl2NO/c1-2-7-15-12(16)6-4-9-3-5-10(13)8-11(9)14/h3,5,8H,2,4,6-7H2,1H3,(H,15,16). The minimum Gasteiger partial charge on any atom is -0.356 e. The number of aryl methyl sites for hydroxylation is 1. The van der Waals surface area contributed by atoms with E-state index in [1.54, 1.807) is 12.1 Å². The van der Waals surface area contributed by atoms with Crippen molar-refractivity contribution in [2.45, 2.75) is 26.2 Å². The molecule has 2 nitrogen and oxygen atoms in total. The molecule has 88 valence electrons. The highest BCUT2D eigenvalue weighted by Crippen LogP contribution is 2.21. The lowest BCUT2D eigenvalue weighted by atomic mass is 10.1. The molecule has 1 aromatic carbocycles. The molecule has 1 amide bonds. The highest BCUT2D eigenvalue weighted by Gasteiger charge is 2.05. The first kappa shape index (κ1) is 13.3. The van der Waals surface area contributed by atoms with Crippen molar-refractivity contribution >= 4 is 29.1 Å². The van der Waals surface area contributed by atoms with E-state index < -0.39 is 0 Å². The van der Waals surface area contributed by atoms with Crippen LogP contribution in [0.25, 0.3) is 0 Å². The van der Waals surface area contributed by atoms with E-state index in [2.05, 4.69) is 5.32 Å². The van der Waals surface area contributed by atoms with E-state index in [-0.39, 0.29) is 5.91 Å². The molecule has 0 atom stereocenters. The van der Waals surface area contributed by atoms with Crippen LogP contribution in [0, 0.1) is 0 Å². The van der Waals surface area contributed by atoms with Crippen LogP contribution in [-0.4, -0.2) is 12.5 Å². The highest BCUT2D eigenvalue weighted by atomic mass is 35.5. The van der Waals surface area contributed by atoms with Gasteiger partial charge in [-0.15, -0.1) is 0 Å². The summed E-state index contributed by atoms with van der Waals surface area (Å²) in [4.78, 5) is 11.4. The molecule has 0 aliphatic rings. The van der Waals surface area contributed by atoms with Gasteiger partial charge in [-0.3, -0.25) is 4.79 Å². The zero-order valence-corrected chi connectivity index (χ0v) is 10.7. The summed E-state index contributed by atoms with van der Waals surface area (Å²) in [5.74, 6) is 0.0628. The van der Waals surface area contributed by atoms with E-state index >= 15 is 0 Å². The predicted octanol–water partition coefficient (Wildman–Crippen LogP) is 3.45. The Morgan fingerprint density at radius 1 is 1.38 bits per heavy atom. The molecule has 4 heteroatoms. The average molecular weight is 260 g/mol. The van der Waals surface area contributed by atoms with Gasteiger partial charge in [0.05, 0.1) is 0 Å². The van der Waals surface area contributed by atoms with E-state index in [4.69, 9.17) is 23.2 Å². The normalized spacial score (nSPS) is 10.2. The molecule has 0 heterocycles. The molecule has 16 heavy (non-hydrogen) atoms. The zero-order chi connectivity index (χ0) is 12.0. The molecule has 0 fully saturated rings. The lowest BCUT2D eigenvalue weighted by molar-refractivity contribution is -0.121. The fraction of sp³-hybridized carbons (Fsp3) is 0.417. The Labute approximate surface area is 106 Å². The van der Waals surface area contributed by atoms with Crippen LogP contribution < -0.4 is 5.32 Å². The Morgan fingerprint density at radius 3 is 2.75 bits per heavy atom. The molecular weight excluding hydrogens is 245 g/mol. The number of carbonyl (C=O) groups excluding carboxylic acids is 1. The average Bonchev–Trinajstić information content (AvgIpc) is 2.25. The van der Waals surface area contributed by atoms with Crippen molar-refractivity contribution in [1.82, 2.24) is 5.32 Å². The molecular formula is C12H15Cl2NO. The molecule has 0 aliphatic heterocycles. The van der Waals surface area contributed by atoms with Gasteiger partial charge in [0, 0.05) is 23.0 Å². The first-order valence-electron chi connectivity index (χ1n) is 5.34. The molecule has 1 N–H and O–H groups in total. The Hall–Kier alpha value is -0.730. The molecule has 0 radical (unpaired) electrons. The number of halogens is 2. The van der Waals surface area contributed by atoms with Gasteiger partial charge in [-0.1, -0.05) is 36.2 Å². The Bertz CT molecular complexity index is 366. The summed E-state index contributed by atoms with van der Waals surface area (Å²) in [7, 11) is 0. The van der Waals surface area contributed by atoms with Crippen LogP contribution in [0.3, 0.4) is 0 Å². The van der Waals surface area contributed by atoms with E-state index in [0.29, 0.717) is 22.9 Å². The van der Waals surface area contributed by atoms with Crippen molar-refractivity contribution in [3.05, 3.63) is 33.8 Å². The topological polar surface area (TPSA) is 29.1 Å². The third-order valence-electron chi connectivity index (χ3n) is 2.21. The highest BCUT2D eigenvalue weighted by molar-refractivity contribution is 6.35. The Kier molecular flexibility index (Phi) is 5.64. The number of hydrogen-bond acceptors (Lipinski definition) is 1. The molecule has 0 aromatic heterocycles. The van der Waals surface area contributed by atoms with Gasteiger partial charge < -0.3 is 5.32 Å². The molecule has 1 aromatic rings. The number of nitrogens with one attached hydrogen (secondary N) is 1. The van der Waals surface area contributed by atoms with Crippen LogP contribution in [0.2, 0.25) is 10.0 Å². The summed E-state index contributed by atoms with van der Waals surface area (Å²) in [5.41, 5.74) is 0.956. The van der Waals surface area contributed by atoms with Crippen molar-refractivity contribution < 1.29 is 4.79 Å². The van der Waals surface area contributed by atoms with Gasteiger partial charge in [-0.25, -0.2) is 0 Å². The zero-order valence-electron chi connectivity index (χ0n) is 9.22. The number of benzene rings is 1. The van der Waals surface area contributed by atoms with Gasteiger partial charge in [0.2, 0.25) is 5.91 Å². The van der Waals surface area contributed by atoms with Crippen LogP contribution in [-0.2, 0) is 11.2 Å². The minimum absolute atomic E-state index is 0.0628. The van der Waals surface area contributed by atoms with Crippen LogP contribution in [0.5, 0.6) is 0 Å². The Morgan fingerprint density at radius 2 is 2.12 bits per heavy atom. The fourth-order valence-electron chi connectivity index (χ4n) is 1.33. The third kappa shape index (κ3) is 4.42. The molecule has 0 aliphatic carbocycles. The lowest BCUT2D eigenvalue weighted by Gasteiger charge is -2.05. The number of amides is 1. The van der Waals surface area contributed by atoms with Crippen LogP contribution >= 0.6 is 23.2 Å². The molecule has 0 saturated heterocycles. The number of carbonyl (C=O) groups is 1. The molecule has 0 spiro atoms. The van der Waals surface area contributed by atoms with E-state index in [0.717, 1.165) is 18.5 Å². The maximum Gasteiger partial charge on any atom is 0.220 e. The first-order valence-corrected chi connectivity index (χ1v) is 6.09. The molecule has 0 bridgehead atoms. The maximum absolute atomic E-state index is 11.4. The van der Waals surface area contributed by atoms with Crippen LogP contribution in [0.4, 0.5) is 0 Å². The van der Waals surface area contributed by atoms with Crippen LogP contribution in [0.1, 0.15) is 25.3 Å². The minimum atomic E-state index is 0.0628. The maximum atomic E-state index is 11.4. The van der Waals surface area contributed by atoms with Gasteiger partial charge in [0.25, 0.3) is 0 Å². The fourth-order valence-corrected chi connectivity index (χ4v) is 1.83. The van der Waals surface area contributed by atoms with Gasteiger partial charge in [0.15, 0.2) is 0 Å². The molecule has 0 unspecified atom stereocenters. The lowest BCUT2D eigenvalue weighted by Crippen LogP contribution is -2.24. The summed E-state index contributed by atoms with van der Waals surface area (Å²) >= 11 is 11.8. The van der Waals surface area contributed by atoms with Crippen LogP contribution in [0.15, 0.2) is 18.2 Å². The number of rotatable bonds is 5. The van der Waals surface area contributed by atoms with Crippen molar-refractivity contribution in [2.75, 3.05) is 6.54 Å². The summed E-state index contributed by atoms with van der Waals surface area (Å²) in [6.45, 7) is 2.75. The second-order valence-corrected chi connectivity index (χ2v) is 4.43. The quantitative estimate of drug-likeness (QED) is 0.863. The summed E-state index contributed by atoms with van der Waals surface area (Å²) in [6.07, 6.45) is 2.06. The summed E-state index contributed by atoms with van der Waals surface area (Å²) < 4.78 is 0. The SMILES string of the molecule is CCCNC(=O)CCc1ccc(Cl)cc1Cl. The van der Waals surface area contributed by atoms with Gasteiger partial charge in [-0.05, 0) is 30.5 Å². The van der Waals surface area contributed by atoms with E-state index in [1.165, 1.54) is 0 Å². The van der Waals surface area contributed by atoms with E-state index in [1.807, 2.05) is 13.0 Å². The van der Waals surface area contributed by atoms with Gasteiger partial charge >= 0.3 is 0 Å². The van der Waals surface area contributed by atoms with E-state index in [9.17, 15) is 4.79 Å². The van der Waals surface area contributed by atoms with Crippen molar-refractivity contribution in [1.29, 1.82) is 0 Å². The van der Waals surface area contributed by atoms with Crippen molar-refractivity contribution in [2.24, 2.45) is 0 Å². The monoisotopic (exact) mass is 259 g/mol. The predicted molar refractivity (Wildman–Crippen MR) is 68.1 cm³/mol. The largest absolute Gasteiger partial charge is 0.356 e. The molecule has 0 saturated carbocycles. The summed E-state index contributed by atoms with van der Waals surface area (Å²) in [6, 6.07) is 5.34. The smallest absolute Gasteiger partial charge is 0.220 e. The van der Waals surface area contributed by atoms with Crippen molar-refractivity contribution in [3.8, 4) is 0 Å². The van der Waals surface area contributed by atoms with Gasteiger partial charge in [-0.2, -0.15) is 0 Å². The third-order valence-corrected chi connectivity index (χ3v) is 2.80. The second-order valence-electron chi connectivity index (χ2n) is 3.59. The number of hydrogen-bond donors (Lipinski definition) is 1. The van der Waals surface area contributed by atoms with Gasteiger partial charge in [0.1, 0.15) is 0 Å². The first-order chi connectivity index (χ1) is 7.63. The van der Waals surface area contributed by atoms with Crippen molar-refractivity contribution in [3.63, 3.8) is 0 Å². The summed E-state index contributed by atoms with van der Waals surface area (Å²) in [5, 5.41) is 4.06. The Balaban J connectivity index is 2.45. The second kappa shape index (κ2) is 6.77. The molecule has 1 rings (SSSR count).